The van der Waals surface area contributed by atoms with Crippen LogP contribution in [0, 0.1) is 34.5 Å². The van der Waals surface area contributed by atoms with Crippen LogP contribution in [0.15, 0.2) is 0 Å². The van der Waals surface area contributed by atoms with Crippen molar-refractivity contribution in [3.63, 3.8) is 0 Å². The van der Waals surface area contributed by atoms with Gasteiger partial charge in [-0.05, 0) is 92.3 Å². The average Bonchev–Trinajstić information content (AvgIpc) is 3.38. The lowest BCUT2D eigenvalue weighted by atomic mass is 9.45. The molecule has 2 heterocycles. The van der Waals surface area contributed by atoms with Crippen molar-refractivity contribution in [3.8, 4) is 0 Å². The van der Waals surface area contributed by atoms with Crippen molar-refractivity contribution in [1.29, 1.82) is 0 Å². The molecule has 2 aliphatic heterocycles. The van der Waals surface area contributed by atoms with Crippen LogP contribution < -0.4 is 0 Å². The summed E-state index contributed by atoms with van der Waals surface area (Å²) < 4.78 is 23.3. The van der Waals surface area contributed by atoms with E-state index in [-0.39, 0.29) is 11.5 Å². The van der Waals surface area contributed by atoms with Gasteiger partial charge in [0.25, 0.3) is 0 Å². The summed E-state index contributed by atoms with van der Waals surface area (Å²) in [5, 5.41) is 72.0. The molecule has 0 aromatic carbocycles. The van der Waals surface area contributed by atoms with Gasteiger partial charge in [-0.1, -0.05) is 20.3 Å². The van der Waals surface area contributed by atoms with E-state index in [1.165, 1.54) is 44.9 Å². The van der Waals surface area contributed by atoms with Gasteiger partial charge in [0.1, 0.15) is 48.8 Å². The van der Waals surface area contributed by atoms with E-state index in [2.05, 4.69) is 13.8 Å². The molecule has 4 saturated carbocycles. The van der Waals surface area contributed by atoms with Gasteiger partial charge in [0.2, 0.25) is 0 Å². The summed E-state index contributed by atoms with van der Waals surface area (Å²) in [5.41, 5.74) is 0.823. The van der Waals surface area contributed by atoms with Crippen LogP contribution in [0.4, 0.5) is 0 Å². The van der Waals surface area contributed by atoms with Crippen LogP contribution in [0.1, 0.15) is 78.1 Å². The standard InChI is InChI=1S/C31H52O11/c1-30-9-3-4-18(30)17-6-5-15-12-16(7-11-31(15,2)19(17)8-10-30)39-28-26(38)24(36)27(21(14-33)41-28)42-29-25(37)23(35)22(34)20(13-32)40-29/h15-29,32-38H,3-14H2,1-2H3/t15-,16-,17-,18-,19-,20-,21-,22+,23-,24+,25-,26-,27+,28+,29-,30-,31-/m0/s1. The van der Waals surface area contributed by atoms with Crippen LogP contribution in [0.2, 0.25) is 0 Å². The van der Waals surface area contributed by atoms with Gasteiger partial charge in [0.05, 0.1) is 19.3 Å². The number of ether oxygens (including phenoxy) is 4. The Balaban J connectivity index is 1.08. The maximum absolute atomic E-state index is 11.0. The van der Waals surface area contributed by atoms with E-state index in [1.807, 2.05) is 0 Å². The van der Waals surface area contributed by atoms with Crippen molar-refractivity contribution in [2.75, 3.05) is 13.2 Å². The first kappa shape index (κ1) is 31.5. The Kier molecular flexibility index (Phi) is 9.05. The van der Waals surface area contributed by atoms with Crippen molar-refractivity contribution in [2.24, 2.45) is 34.5 Å². The molecule has 0 aromatic heterocycles. The number of hydrogen-bond acceptors (Lipinski definition) is 11. The van der Waals surface area contributed by atoms with Gasteiger partial charge in [-0.15, -0.1) is 0 Å². The van der Waals surface area contributed by atoms with Gasteiger partial charge in [0, 0.05) is 0 Å². The third kappa shape index (κ3) is 5.28. The first-order chi connectivity index (χ1) is 20.0. The Morgan fingerprint density at radius 1 is 0.667 bits per heavy atom. The highest BCUT2D eigenvalue weighted by molar-refractivity contribution is 5.07. The molecule has 2 saturated heterocycles. The lowest BCUT2D eigenvalue weighted by molar-refractivity contribution is -0.364. The number of hydrogen-bond donors (Lipinski definition) is 7. The molecule has 17 atom stereocenters. The van der Waals surface area contributed by atoms with E-state index < -0.39 is 74.6 Å². The summed E-state index contributed by atoms with van der Waals surface area (Å²) in [4.78, 5) is 0. The number of rotatable bonds is 6. The molecule has 7 N–H and O–H groups in total. The van der Waals surface area contributed by atoms with Crippen molar-refractivity contribution in [3.05, 3.63) is 0 Å². The highest BCUT2D eigenvalue weighted by Crippen LogP contribution is 2.66. The Morgan fingerprint density at radius 3 is 2.10 bits per heavy atom. The van der Waals surface area contributed by atoms with Crippen molar-refractivity contribution >= 4 is 0 Å². The van der Waals surface area contributed by atoms with E-state index >= 15 is 0 Å². The molecule has 6 fully saturated rings. The Labute approximate surface area is 248 Å². The fourth-order valence-corrected chi connectivity index (χ4v) is 10.2. The monoisotopic (exact) mass is 600 g/mol. The molecular formula is C31H52O11. The van der Waals surface area contributed by atoms with Gasteiger partial charge in [0.15, 0.2) is 12.6 Å². The maximum atomic E-state index is 11.0. The van der Waals surface area contributed by atoms with Crippen molar-refractivity contribution < 1.29 is 54.7 Å². The highest BCUT2D eigenvalue weighted by atomic mass is 16.7. The smallest absolute Gasteiger partial charge is 0.187 e. The molecule has 242 valence electrons. The molecule has 11 heteroatoms. The fraction of sp³-hybridized carbons (Fsp3) is 1.00. The van der Waals surface area contributed by atoms with Crippen LogP contribution in [0.5, 0.6) is 0 Å². The highest BCUT2D eigenvalue weighted by Gasteiger charge is 2.58. The zero-order chi connectivity index (χ0) is 30.0. The molecule has 0 amide bonds. The van der Waals surface area contributed by atoms with E-state index in [0.29, 0.717) is 11.3 Å². The van der Waals surface area contributed by atoms with Crippen LogP contribution in [-0.2, 0) is 18.9 Å². The second kappa shape index (κ2) is 12.1. The predicted molar refractivity (Wildman–Crippen MR) is 148 cm³/mol. The third-order valence-corrected chi connectivity index (χ3v) is 12.7. The Bertz CT molecular complexity index is 935. The van der Waals surface area contributed by atoms with Crippen LogP contribution >= 0.6 is 0 Å². The predicted octanol–water partition coefficient (Wildman–Crippen LogP) is 0.429. The molecule has 6 rings (SSSR count). The summed E-state index contributed by atoms with van der Waals surface area (Å²) >= 11 is 0. The molecule has 0 bridgehead atoms. The van der Waals surface area contributed by atoms with E-state index in [4.69, 9.17) is 18.9 Å². The minimum absolute atomic E-state index is 0.144. The molecule has 0 radical (unpaired) electrons. The SMILES string of the molecule is C[C@@]12CCC[C@H]1[C@@H]1CC[C@H]3C[C@@H](O[C@@H]4O[C@@H](CO)[C@@H](O[C@@H]5O[C@@H](CO)[C@@H](O)[C@H](O)[C@@H]5O)[C@H](O)[C@@H]4O)CC[C@]3(C)[C@H]1CC2. The molecule has 4 aliphatic carbocycles. The fourth-order valence-electron chi connectivity index (χ4n) is 10.2. The molecule has 0 unspecified atom stereocenters. The lowest BCUT2D eigenvalue weighted by Gasteiger charge is -2.60. The summed E-state index contributed by atoms with van der Waals surface area (Å²) in [6, 6.07) is 0. The summed E-state index contributed by atoms with van der Waals surface area (Å²) in [7, 11) is 0. The van der Waals surface area contributed by atoms with Crippen LogP contribution in [-0.4, -0.2) is 116 Å². The Hall–Kier alpha value is -0.440. The molecule has 6 aliphatic rings. The zero-order valence-electron chi connectivity index (χ0n) is 24.9. The van der Waals surface area contributed by atoms with E-state index in [1.54, 1.807) is 0 Å². The average molecular weight is 601 g/mol. The topological polar surface area (TPSA) is 179 Å². The molecule has 11 nitrogen and oxygen atoms in total. The third-order valence-electron chi connectivity index (χ3n) is 12.7. The summed E-state index contributed by atoms with van der Waals surface area (Å²) in [6.07, 6.45) is -2.44. The first-order valence-corrected chi connectivity index (χ1v) is 16.2. The quantitative estimate of drug-likeness (QED) is 0.210. The second-order valence-electron chi connectivity index (χ2n) is 14.8. The number of aliphatic hydroxyl groups excluding tert-OH is 7. The van der Waals surface area contributed by atoms with Crippen LogP contribution in [0.3, 0.4) is 0 Å². The summed E-state index contributed by atoms with van der Waals surface area (Å²) in [6.45, 7) is 3.82. The van der Waals surface area contributed by atoms with Crippen LogP contribution in [0.25, 0.3) is 0 Å². The second-order valence-corrected chi connectivity index (χ2v) is 14.8. The zero-order valence-corrected chi connectivity index (χ0v) is 24.9. The van der Waals surface area contributed by atoms with Gasteiger partial charge < -0.3 is 54.7 Å². The summed E-state index contributed by atoms with van der Waals surface area (Å²) in [5.74, 6) is 2.98. The van der Waals surface area contributed by atoms with E-state index in [9.17, 15) is 35.7 Å². The number of fused-ring (bicyclic) bond motifs is 5. The molecule has 0 aromatic rings. The Morgan fingerprint density at radius 2 is 1.36 bits per heavy atom. The van der Waals surface area contributed by atoms with Gasteiger partial charge >= 0.3 is 0 Å². The van der Waals surface area contributed by atoms with Gasteiger partial charge in [-0.25, -0.2) is 0 Å². The molecule has 42 heavy (non-hydrogen) atoms. The minimum Gasteiger partial charge on any atom is -0.394 e. The van der Waals surface area contributed by atoms with Gasteiger partial charge in [-0.3, -0.25) is 0 Å². The molecular weight excluding hydrogens is 548 g/mol. The number of aliphatic hydroxyl groups is 7. The minimum atomic E-state index is -1.70. The largest absolute Gasteiger partial charge is 0.394 e. The van der Waals surface area contributed by atoms with E-state index in [0.717, 1.165) is 37.0 Å². The van der Waals surface area contributed by atoms with Gasteiger partial charge in [-0.2, -0.15) is 0 Å². The first-order valence-electron chi connectivity index (χ1n) is 16.2. The molecule has 0 spiro atoms. The van der Waals surface area contributed by atoms with Crippen molar-refractivity contribution in [2.45, 2.75) is 146 Å². The normalized spacial score (nSPS) is 56.4. The lowest BCUT2D eigenvalue weighted by Crippen LogP contribution is -2.65. The van der Waals surface area contributed by atoms with Crippen molar-refractivity contribution in [1.82, 2.24) is 0 Å². The maximum Gasteiger partial charge on any atom is 0.187 e.